The molecule has 0 spiro atoms. The van der Waals surface area contributed by atoms with Crippen LogP contribution in [0, 0.1) is 0 Å². The lowest BCUT2D eigenvalue weighted by atomic mass is 10.2. The summed E-state index contributed by atoms with van der Waals surface area (Å²) in [6, 6.07) is 28.4. The highest BCUT2D eigenvalue weighted by Gasteiger charge is 2.01. The van der Waals surface area contributed by atoms with Gasteiger partial charge in [-0.2, -0.15) is 0 Å². The summed E-state index contributed by atoms with van der Waals surface area (Å²) in [4.78, 5) is 20.2. The van der Waals surface area contributed by atoms with Crippen LogP contribution >= 0.6 is 0 Å². The third-order valence-electron chi connectivity index (χ3n) is 5.55. The van der Waals surface area contributed by atoms with Gasteiger partial charge < -0.3 is 14.7 Å². The largest absolute Gasteiger partial charge is 0.388 e. The van der Waals surface area contributed by atoms with Gasteiger partial charge in [0, 0.05) is 47.9 Å². The Kier molecular flexibility index (Phi) is 7.29. The molecule has 6 nitrogen and oxygen atoms in total. The van der Waals surface area contributed by atoms with Crippen LogP contribution < -0.4 is 0 Å². The van der Waals surface area contributed by atoms with Crippen LogP contribution in [0.5, 0.6) is 0 Å². The summed E-state index contributed by atoms with van der Waals surface area (Å²) in [6.07, 6.45) is 9.90. The lowest BCUT2D eigenvalue weighted by molar-refractivity contribution is 0.277. The summed E-state index contributed by atoms with van der Waals surface area (Å²) in [6.45, 7) is 0. The number of benzene rings is 1. The Morgan fingerprint density at radius 2 is 0.946 bits per heavy atom. The fourth-order valence-electron chi connectivity index (χ4n) is 3.96. The number of pyridine rings is 1. The number of H-pyrrole nitrogens is 2. The van der Waals surface area contributed by atoms with Gasteiger partial charge in [-0.3, -0.25) is 4.98 Å². The molecule has 0 saturated heterocycles. The highest BCUT2D eigenvalue weighted by molar-refractivity contribution is 5.78. The summed E-state index contributed by atoms with van der Waals surface area (Å²) in [7, 11) is 3.25. The molecule has 0 fully saturated rings. The molecule has 5 aromatic rings. The molecule has 4 aromatic heterocycles. The maximum absolute atomic E-state index is 4.63. The third-order valence-corrected chi connectivity index (χ3v) is 5.55. The van der Waals surface area contributed by atoms with Crippen LogP contribution in [-0.4, -0.2) is 39.1 Å². The van der Waals surface area contributed by atoms with Crippen molar-refractivity contribution in [3.05, 3.63) is 114 Å². The average Bonchev–Trinajstić information content (AvgIpc) is 3.72. The van der Waals surface area contributed by atoms with E-state index >= 15 is 0 Å². The zero-order valence-corrected chi connectivity index (χ0v) is 20.7. The van der Waals surface area contributed by atoms with Crippen LogP contribution in [0.15, 0.2) is 91.1 Å². The number of aromatic nitrogens is 5. The maximum Gasteiger partial charge on any atom is 0.0701 e. The summed E-state index contributed by atoms with van der Waals surface area (Å²) in [5.41, 5.74) is 8.92. The fraction of sp³-hybridized carbons (Fsp3) is 0.0645. The Morgan fingerprint density at radius 3 is 1.38 bits per heavy atom. The van der Waals surface area contributed by atoms with Crippen LogP contribution in [0.25, 0.3) is 57.3 Å². The van der Waals surface area contributed by atoms with Crippen molar-refractivity contribution >= 4 is 57.3 Å². The maximum atomic E-state index is 4.63. The molecule has 6 heteroatoms. The Bertz CT molecular complexity index is 1500. The topological polar surface area (TPSA) is 79.5 Å². The van der Waals surface area contributed by atoms with E-state index in [1.54, 1.807) is 14.2 Å². The van der Waals surface area contributed by atoms with E-state index in [1.807, 2.05) is 79.0 Å². The van der Waals surface area contributed by atoms with Gasteiger partial charge in [0.15, 0.2) is 0 Å². The number of fused-ring (bicyclic) bond motifs is 9. The molecule has 2 N–H and O–H groups in total. The van der Waals surface area contributed by atoms with E-state index in [0.717, 1.165) is 50.4 Å². The highest BCUT2D eigenvalue weighted by atomic mass is 16.4. The zero-order valence-electron chi connectivity index (χ0n) is 20.7. The molecule has 6 heterocycles. The van der Waals surface area contributed by atoms with E-state index in [1.165, 1.54) is 5.39 Å². The number of aromatic amines is 2. The molecule has 0 aliphatic carbocycles. The van der Waals surface area contributed by atoms with Crippen molar-refractivity contribution in [2.45, 2.75) is 0 Å². The van der Waals surface area contributed by atoms with E-state index < -0.39 is 0 Å². The summed E-state index contributed by atoms with van der Waals surface area (Å²) in [5.74, 6) is 0. The SMILES string of the molecule is C1=Cc2cc3ccc(cc4nc(cc5ccc(cc1n2)[nH]5)C=C4)[nH]3.COC.c1ccc2ncccc2c1. The lowest BCUT2D eigenvalue weighted by Gasteiger charge is -1.91. The minimum atomic E-state index is 0.939. The van der Waals surface area contributed by atoms with E-state index in [-0.39, 0.29) is 0 Å². The zero-order chi connectivity index (χ0) is 25.5. The van der Waals surface area contributed by atoms with Gasteiger partial charge >= 0.3 is 0 Å². The first-order valence-corrected chi connectivity index (χ1v) is 11.9. The highest BCUT2D eigenvalue weighted by Crippen LogP contribution is 2.17. The first-order chi connectivity index (χ1) is 18.2. The normalized spacial score (nSPS) is 11.4. The van der Waals surface area contributed by atoms with Crippen LogP contribution in [-0.2, 0) is 4.74 Å². The van der Waals surface area contributed by atoms with Crippen molar-refractivity contribution in [3.63, 3.8) is 0 Å². The Hall–Kier alpha value is -4.81. The Balaban J connectivity index is 0.000000179. The minimum absolute atomic E-state index is 0.939. The molecular weight excluding hydrogens is 458 g/mol. The van der Waals surface area contributed by atoms with Crippen molar-refractivity contribution in [2.75, 3.05) is 14.2 Å². The lowest BCUT2D eigenvalue weighted by Crippen LogP contribution is -1.75. The van der Waals surface area contributed by atoms with Crippen molar-refractivity contribution < 1.29 is 4.74 Å². The molecule has 0 saturated carbocycles. The summed E-state index contributed by atoms with van der Waals surface area (Å²) < 4.78 is 4.25. The van der Waals surface area contributed by atoms with Crippen molar-refractivity contribution in [2.24, 2.45) is 0 Å². The standard InChI is InChI=1S/C20H14N4.C9H7N.C2H6O/c1-2-14-10-16-5-6-18(23-16)12-20-8-7-19(24-20)11-17-4-3-15(22-17)9-13(1)21-14;1-2-6-9-8(4-1)5-3-7-10-9;1-3-2/h1-12,21,24H;1-7H;1-2H3. The van der Waals surface area contributed by atoms with Gasteiger partial charge in [0.2, 0.25) is 0 Å². The number of nitrogens with zero attached hydrogens (tertiary/aromatic N) is 3. The quantitative estimate of drug-likeness (QED) is 0.239. The van der Waals surface area contributed by atoms with Crippen LogP contribution in [0.2, 0.25) is 0 Å². The second-order valence-corrected chi connectivity index (χ2v) is 8.51. The molecule has 37 heavy (non-hydrogen) atoms. The summed E-state index contributed by atoms with van der Waals surface area (Å²) in [5, 5.41) is 1.20. The minimum Gasteiger partial charge on any atom is -0.388 e. The third kappa shape index (κ3) is 6.25. The van der Waals surface area contributed by atoms with Gasteiger partial charge in [0.1, 0.15) is 0 Å². The van der Waals surface area contributed by atoms with Gasteiger partial charge in [-0.05, 0) is 85.0 Å². The van der Waals surface area contributed by atoms with E-state index in [9.17, 15) is 0 Å². The second-order valence-electron chi connectivity index (χ2n) is 8.51. The molecule has 7 rings (SSSR count). The van der Waals surface area contributed by atoms with Gasteiger partial charge in [0.05, 0.1) is 28.3 Å². The predicted molar refractivity (Wildman–Crippen MR) is 154 cm³/mol. The molecule has 8 bridgehead atoms. The van der Waals surface area contributed by atoms with Gasteiger partial charge in [-0.25, -0.2) is 9.97 Å². The molecule has 1 aromatic carbocycles. The molecule has 2 aliphatic rings. The van der Waals surface area contributed by atoms with Crippen LogP contribution in [0.1, 0.15) is 22.8 Å². The number of ether oxygens (including phenoxy) is 1. The first kappa shape index (κ1) is 23.9. The average molecular weight is 486 g/mol. The molecule has 0 unspecified atom stereocenters. The van der Waals surface area contributed by atoms with Crippen LogP contribution in [0.3, 0.4) is 0 Å². The number of hydrogen-bond donors (Lipinski definition) is 2. The second kappa shape index (κ2) is 11.3. The molecule has 2 aliphatic heterocycles. The molecule has 0 amide bonds. The fourth-order valence-corrected chi connectivity index (χ4v) is 3.96. The van der Waals surface area contributed by atoms with Crippen LogP contribution in [0.4, 0.5) is 0 Å². The number of rotatable bonds is 0. The van der Waals surface area contributed by atoms with Gasteiger partial charge in [-0.15, -0.1) is 0 Å². The van der Waals surface area contributed by atoms with Crippen molar-refractivity contribution in [1.29, 1.82) is 0 Å². The summed E-state index contributed by atoms with van der Waals surface area (Å²) >= 11 is 0. The number of hydrogen-bond acceptors (Lipinski definition) is 4. The molecular formula is C31H27N5O. The molecule has 0 radical (unpaired) electrons. The predicted octanol–water partition coefficient (Wildman–Crippen LogP) is 7.15. The van der Waals surface area contributed by atoms with E-state index in [2.05, 4.69) is 66.1 Å². The van der Waals surface area contributed by atoms with Gasteiger partial charge in [0.25, 0.3) is 0 Å². The van der Waals surface area contributed by atoms with Gasteiger partial charge in [-0.1, -0.05) is 24.3 Å². The molecule has 0 atom stereocenters. The molecule has 182 valence electrons. The van der Waals surface area contributed by atoms with Crippen molar-refractivity contribution in [1.82, 2.24) is 24.9 Å². The number of nitrogens with one attached hydrogen (secondary N) is 2. The Morgan fingerprint density at radius 1 is 0.541 bits per heavy atom. The monoisotopic (exact) mass is 485 g/mol. The van der Waals surface area contributed by atoms with Crippen molar-refractivity contribution in [3.8, 4) is 0 Å². The first-order valence-electron chi connectivity index (χ1n) is 11.9. The number of para-hydroxylation sites is 1. The number of methoxy groups -OCH3 is 1. The van der Waals surface area contributed by atoms with E-state index in [0.29, 0.717) is 0 Å². The van der Waals surface area contributed by atoms with E-state index in [4.69, 9.17) is 0 Å². The Labute approximate surface area is 215 Å². The smallest absolute Gasteiger partial charge is 0.0701 e.